The van der Waals surface area contributed by atoms with E-state index in [1.807, 2.05) is 0 Å². The number of carbonyl (C=O) groups is 1. The third-order valence-corrected chi connectivity index (χ3v) is 2.64. The first-order chi connectivity index (χ1) is 9.88. The van der Waals surface area contributed by atoms with Gasteiger partial charge in [-0.1, -0.05) is 24.3 Å². The van der Waals surface area contributed by atoms with Crippen molar-refractivity contribution in [2.24, 2.45) is 0 Å². The molecular formula is C16H16F3NO. The van der Waals surface area contributed by atoms with Crippen LogP contribution in [0.1, 0.15) is 11.1 Å². The van der Waals surface area contributed by atoms with E-state index in [4.69, 9.17) is 0 Å². The van der Waals surface area contributed by atoms with Gasteiger partial charge in [0.15, 0.2) is 0 Å². The maximum atomic E-state index is 12.6. The van der Waals surface area contributed by atoms with Crippen LogP contribution in [-0.2, 0) is 11.0 Å². The Morgan fingerprint density at radius 2 is 1.81 bits per heavy atom. The van der Waals surface area contributed by atoms with Crippen molar-refractivity contribution in [3.05, 3.63) is 66.8 Å². The zero-order valence-electron chi connectivity index (χ0n) is 11.4. The molecule has 1 aromatic rings. The predicted octanol–water partition coefficient (Wildman–Crippen LogP) is 3.92. The van der Waals surface area contributed by atoms with E-state index in [-0.39, 0.29) is 5.91 Å². The molecule has 1 amide bonds. The van der Waals surface area contributed by atoms with Gasteiger partial charge in [-0.3, -0.25) is 4.79 Å². The number of alkyl halides is 3. The lowest BCUT2D eigenvalue weighted by Crippen LogP contribution is -2.29. The van der Waals surface area contributed by atoms with E-state index in [9.17, 15) is 18.0 Å². The summed E-state index contributed by atoms with van der Waals surface area (Å²) in [6.45, 7) is 7.78. The van der Waals surface area contributed by atoms with Crippen LogP contribution in [0.25, 0.3) is 6.08 Å². The molecule has 21 heavy (non-hydrogen) atoms. The normalized spacial score (nSPS) is 11.4. The first-order valence-corrected chi connectivity index (χ1v) is 6.24. The minimum absolute atomic E-state index is 0.313. The smallest absolute Gasteiger partial charge is 0.332 e. The molecule has 0 aliphatic carbocycles. The molecule has 0 bridgehead atoms. The molecule has 0 radical (unpaired) electrons. The zero-order chi connectivity index (χ0) is 15.9. The van der Waals surface area contributed by atoms with Gasteiger partial charge in [0.05, 0.1) is 5.56 Å². The molecule has 0 spiro atoms. The second kappa shape index (κ2) is 7.47. The molecule has 0 saturated heterocycles. The summed E-state index contributed by atoms with van der Waals surface area (Å²) < 4.78 is 37.7. The Morgan fingerprint density at radius 3 is 2.33 bits per heavy atom. The van der Waals surface area contributed by atoms with E-state index in [0.29, 0.717) is 18.7 Å². The first kappa shape index (κ1) is 16.8. The Kier molecular flexibility index (Phi) is 5.96. The molecule has 2 nitrogen and oxygen atoms in total. The molecule has 0 aromatic heterocycles. The van der Waals surface area contributed by atoms with E-state index in [1.165, 1.54) is 29.2 Å². The fraction of sp³-hybridized carbons (Fsp3) is 0.188. The minimum Gasteiger partial charge on any atom is -0.332 e. The summed E-state index contributed by atoms with van der Waals surface area (Å²) in [6.07, 6.45) is 1.34. The van der Waals surface area contributed by atoms with Gasteiger partial charge in [-0.15, -0.1) is 13.2 Å². The number of hydrogen-bond acceptors (Lipinski definition) is 1. The topological polar surface area (TPSA) is 20.3 Å². The number of hydrogen-bond donors (Lipinski definition) is 0. The van der Waals surface area contributed by atoms with Crippen LogP contribution >= 0.6 is 0 Å². The SMILES string of the molecule is C=CCN(CC=C)C(=O)/C=C/c1cccc(C(F)(F)F)c1. The molecule has 0 fully saturated rings. The van der Waals surface area contributed by atoms with Crippen molar-refractivity contribution in [2.45, 2.75) is 6.18 Å². The fourth-order valence-electron chi connectivity index (χ4n) is 1.66. The third-order valence-electron chi connectivity index (χ3n) is 2.64. The summed E-state index contributed by atoms with van der Waals surface area (Å²) in [6, 6.07) is 4.79. The van der Waals surface area contributed by atoms with Gasteiger partial charge in [0.2, 0.25) is 5.91 Å². The molecule has 0 heterocycles. The van der Waals surface area contributed by atoms with Crippen molar-refractivity contribution in [1.82, 2.24) is 4.90 Å². The highest BCUT2D eigenvalue weighted by Gasteiger charge is 2.30. The van der Waals surface area contributed by atoms with Gasteiger partial charge in [-0.2, -0.15) is 13.2 Å². The van der Waals surface area contributed by atoms with Crippen molar-refractivity contribution in [3.63, 3.8) is 0 Å². The van der Waals surface area contributed by atoms with Gasteiger partial charge in [-0.25, -0.2) is 0 Å². The quantitative estimate of drug-likeness (QED) is 0.575. The second-order valence-electron chi connectivity index (χ2n) is 4.28. The van der Waals surface area contributed by atoms with Crippen LogP contribution in [0.3, 0.4) is 0 Å². The van der Waals surface area contributed by atoms with E-state index in [2.05, 4.69) is 13.2 Å². The van der Waals surface area contributed by atoms with Crippen LogP contribution in [0, 0.1) is 0 Å². The Bertz CT molecular complexity index is 537. The largest absolute Gasteiger partial charge is 0.416 e. The summed E-state index contributed by atoms with van der Waals surface area (Å²) in [4.78, 5) is 13.4. The van der Waals surface area contributed by atoms with E-state index in [0.717, 1.165) is 12.1 Å². The van der Waals surface area contributed by atoms with Crippen LogP contribution < -0.4 is 0 Å². The second-order valence-corrected chi connectivity index (χ2v) is 4.28. The maximum Gasteiger partial charge on any atom is 0.416 e. The van der Waals surface area contributed by atoms with Gasteiger partial charge in [0.25, 0.3) is 0 Å². The number of carbonyl (C=O) groups excluding carboxylic acids is 1. The van der Waals surface area contributed by atoms with E-state index in [1.54, 1.807) is 12.2 Å². The summed E-state index contributed by atoms with van der Waals surface area (Å²) >= 11 is 0. The van der Waals surface area contributed by atoms with Crippen molar-refractivity contribution >= 4 is 12.0 Å². The molecular weight excluding hydrogens is 279 g/mol. The molecule has 0 aliphatic rings. The Morgan fingerprint density at radius 1 is 1.19 bits per heavy atom. The Balaban J connectivity index is 2.86. The van der Waals surface area contributed by atoms with Crippen LogP contribution in [0.2, 0.25) is 0 Å². The molecule has 1 rings (SSSR count). The van der Waals surface area contributed by atoms with E-state index < -0.39 is 11.7 Å². The lowest BCUT2D eigenvalue weighted by Gasteiger charge is -2.16. The highest BCUT2D eigenvalue weighted by molar-refractivity contribution is 5.92. The van der Waals surface area contributed by atoms with Crippen LogP contribution in [-0.4, -0.2) is 23.9 Å². The van der Waals surface area contributed by atoms with Crippen molar-refractivity contribution < 1.29 is 18.0 Å². The summed E-state index contributed by atoms with van der Waals surface area (Å²) in [5.41, 5.74) is -0.429. The molecule has 0 N–H and O–H groups in total. The summed E-state index contributed by atoms with van der Waals surface area (Å²) in [5, 5.41) is 0. The molecule has 0 unspecified atom stereocenters. The molecule has 0 saturated carbocycles. The minimum atomic E-state index is -4.40. The van der Waals surface area contributed by atoms with Crippen molar-refractivity contribution in [2.75, 3.05) is 13.1 Å². The lowest BCUT2D eigenvalue weighted by molar-refractivity contribution is -0.137. The number of amides is 1. The average Bonchev–Trinajstić information content (AvgIpc) is 2.44. The van der Waals surface area contributed by atoms with Gasteiger partial charge < -0.3 is 4.90 Å². The number of halogens is 3. The van der Waals surface area contributed by atoms with Crippen LogP contribution in [0.4, 0.5) is 13.2 Å². The first-order valence-electron chi connectivity index (χ1n) is 6.24. The number of nitrogens with zero attached hydrogens (tertiary/aromatic N) is 1. The Labute approximate surface area is 121 Å². The third kappa shape index (κ3) is 5.30. The van der Waals surface area contributed by atoms with Crippen LogP contribution in [0.5, 0.6) is 0 Å². The maximum absolute atomic E-state index is 12.6. The van der Waals surface area contributed by atoms with Crippen molar-refractivity contribution in [1.29, 1.82) is 0 Å². The average molecular weight is 295 g/mol. The highest BCUT2D eigenvalue weighted by atomic mass is 19.4. The molecule has 0 atom stereocenters. The Hall–Kier alpha value is -2.30. The standard InChI is InChI=1S/C16H16F3NO/c1-3-10-20(11-4-2)15(21)9-8-13-6-5-7-14(12-13)16(17,18)19/h3-9,12H,1-2,10-11H2/b9-8+. The molecule has 1 aromatic carbocycles. The van der Waals surface area contributed by atoms with Gasteiger partial charge >= 0.3 is 6.18 Å². The van der Waals surface area contributed by atoms with Crippen LogP contribution in [0.15, 0.2) is 55.7 Å². The molecule has 112 valence electrons. The highest BCUT2D eigenvalue weighted by Crippen LogP contribution is 2.29. The van der Waals surface area contributed by atoms with Gasteiger partial charge in [0.1, 0.15) is 0 Å². The molecule has 5 heteroatoms. The monoisotopic (exact) mass is 295 g/mol. The summed E-state index contributed by atoms with van der Waals surface area (Å²) in [7, 11) is 0. The fourth-order valence-corrected chi connectivity index (χ4v) is 1.66. The van der Waals surface area contributed by atoms with E-state index >= 15 is 0 Å². The van der Waals surface area contributed by atoms with Gasteiger partial charge in [-0.05, 0) is 23.8 Å². The zero-order valence-corrected chi connectivity index (χ0v) is 11.4. The van der Waals surface area contributed by atoms with Gasteiger partial charge in [0, 0.05) is 19.2 Å². The lowest BCUT2D eigenvalue weighted by atomic mass is 10.1. The summed E-state index contributed by atoms with van der Waals surface area (Å²) in [5.74, 6) is -0.313. The molecule has 0 aliphatic heterocycles. The van der Waals surface area contributed by atoms with Crippen molar-refractivity contribution in [3.8, 4) is 0 Å². The number of rotatable bonds is 6. The predicted molar refractivity (Wildman–Crippen MR) is 77.5 cm³/mol. The number of benzene rings is 1.